The number of hydrogen-bond acceptors (Lipinski definition) is 4. The van der Waals surface area contributed by atoms with E-state index in [-0.39, 0.29) is 0 Å². The summed E-state index contributed by atoms with van der Waals surface area (Å²) >= 11 is 0. The molecule has 0 spiro atoms. The highest BCUT2D eigenvalue weighted by Gasteiger charge is 2.24. The van der Waals surface area contributed by atoms with Gasteiger partial charge in [-0.2, -0.15) is 10.4 Å². The van der Waals surface area contributed by atoms with Gasteiger partial charge in [0.05, 0.1) is 5.69 Å². The first-order chi connectivity index (χ1) is 10.2. The van der Waals surface area contributed by atoms with E-state index in [0.717, 1.165) is 54.5 Å². The molecule has 1 aliphatic heterocycles. The molecule has 1 fully saturated rings. The van der Waals surface area contributed by atoms with Gasteiger partial charge in [0, 0.05) is 13.1 Å². The molecule has 21 heavy (non-hydrogen) atoms. The Morgan fingerprint density at radius 3 is 2.38 bits per heavy atom. The predicted molar refractivity (Wildman–Crippen MR) is 85.3 cm³/mol. The number of aromatic nitrogens is 2. The molecule has 0 saturated carbocycles. The van der Waals surface area contributed by atoms with E-state index < -0.39 is 0 Å². The van der Waals surface area contributed by atoms with Crippen LogP contribution in [0.5, 0.6) is 0 Å². The van der Waals surface area contributed by atoms with E-state index in [1.807, 2.05) is 0 Å². The van der Waals surface area contributed by atoms with Crippen molar-refractivity contribution in [3.05, 3.63) is 16.8 Å². The van der Waals surface area contributed by atoms with Gasteiger partial charge < -0.3 is 4.90 Å². The molecule has 2 rings (SSSR count). The maximum absolute atomic E-state index is 9.57. The number of hydrogen-bond donors (Lipinski definition) is 0. The molecule has 0 bridgehead atoms. The Hall–Kier alpha value is -1.63. The quantitative estimate of drug-likeness (QED) is 0.831. The number of piperidine rings is 1. The molecule has 1 saturated heterocycles. The van der Waals surface area contributed by atoms with Gasteiger partial charge in [-0.05, 0) is 37.2 Å². The Morgan fingerprint density at radius 1 is 1.14 bits per heavy atom. The first kappa shape index (κ1) is 15.8. The average Bonchev–Trinajstić information content (AvgIpc) is 2.54. The van der Waals surface area contributed by atoms with Crippen molar-refractivity contribution in [3.63, 3.8) is 0 Å². The van der Waals surface area contributed by atoms with Crippen LogP contribution in [0.25, 0.3) is 0 Å². The first-order valence-corrected chi connectivity index (χ1v) is 8.28. The zero-order chi connectivity index (χ0) is 15.2. The van der Waals surface area contributed by atoms with Crippen molar-refractivity contribution in [2.45, 2.75) is 59.3 Å². The number of aryl methyl sites for hydroxylation is 1. The standard InChI is InChI=1S/C17H26N4/c1-4-7-13-8-10-21(11-9-13)17-15(12-18)14(5-2)16(6-3)19-20-17/h13H,4-11H2,1-3H3. The molecule has 4 nitrogen and oxygen atoms in total. The Kier molecular flexibility index (Phi) is 5.55. The lowest BCUT2D eigenvalue weighted by molar-refractivity contribution is 0.376. The van der Waals surface area contributed by atoms with Crippen molar-refractivity contribution in [1.82, 2.24) is 10.2 Å². The molecule has 0 N–H and O–H groups in total. The average molecular weight is 286 g/mol. The number of nitriles is 1. The highest BCUT2D eigenvalue weighted by atomic mass is 15.3. The predicted octanol–water partition coefficient (Wildman–Crippen LogP) is 3.49. The molecule has 1 aromatic heterocycles. The molecule has 2 heterocycles. The van der Waals surface area contributed by atoms with Crippen LogP contribution in [0.15, 0.2) is 0 Å². The summed E-state index contributed by atoms with van der Waals surface area (Å²) in [6.07, 6.45) is 6.68. The van der Waals surface area contributed by atoms with Gasteiger partial charge in [0.25, 0.3) is 0 Å². The number of nitrogens with zero attached hydrogens (tertiary/aromatic N) is 4. The molecule has 4 heteroatoms. The monoisotopic (exact) mass is 286 g/mol. The summed E-state index contributed by atoms with van der Waals surface area (Å²) in [5, 5.41) is 18.3. The lowest BCUT2D eigenvalue weighted by Gasteiger charge is -2.33. The summed E-state index contributed by atoms with van der Waals surface area (Å²) in [4.78, 5) is 2.26. The van der Waals surface area contributed by atoms with Gasteiger partial charge in [0.2, 0.25) is 0 Å². The molecule has 0 atom stereocenters. The van der Waals surface area contributed by atoms with Crippen LogP contribution < -0.4 is 4.90 Å². The van der Waals surface area contributed by atoms with Gasteiger partial charge in [-0.1, -0.05) is 33.6 Å². The van der Waals surface area contributed by atoms with Crippen LogP contribution in [0.1, 0.15) is 63.3 Å². The molecule has 1 aliphatic rings. The topological polar surface area (TPSA) is 52.8 Å². The molecule has 0 radical (unpaired) electrons. The largest absolute Gasteiger partial charge is 0.354 e. The van der Waals surface area contributed by atoms with E-state index in [1.165, 1.54) is 25.7 Å². The van der Waals surface area contributed by atoms with Crippen molar-refractivity contribution in [3.8, 4) is 6.07 Å². The van der Waals surface area contributed by atoms with Gasteiger partial charge in [-0.3, -0.25) is 0 Å². The third-order valence-corrected chi connectivity index (χ3v) is 4.55. The van der Waals surface area contributed by atoms with E-state index in [1.54, 1.807) is 0 Å². The molecule has 0 aliphatic carbocycles. The molecule has 0 amide bonds. The van der Waals surface area contributed by atoms with Gasteiger partial charge in [-0.25, -0.2) is 0 Å². The second kappa shape index (κ2) is 7.40. The van der Waals surface area contributed by atoms with E-state index >= 15 is 0 Å². The molecule has 114 valence electrons. The fraction of sp³-hybridized carbons (Fsp3) is 0.706. The van der Waals surface area contributed by atoms with Crippen LogP contribution in [0.4, 0.5) is 5.82 Å². The minimum atomic E-state index is 0.748. The van der Waals surface area contributed by atoms with Gasteiger partial charge >= 0.3 is 0 Å². The van der Waals surface area contributed by atoms with Gasteiger partial charge in [0.1, 0.15) is 11.6 Å². The smallest absolute Gasteiger partial charge is 0.169 e. The molecule has 1 aromatic rings. The second-order valence-corrected chi connectivity index (χ2v) is 5.86. The minimum absolute atomic E-state index is 0.748. The Bertz CT molecular complexity index is 510. The summed E-state index contributed by atoms with van der Waals surface area (Å²) in [7, 11) is 0. The highest BCUT2D eigenvalue weighted by molar-refractivity contribution is 5.58. The van der Waals surface area contributed by atoms with Gasteiger partial charge in [0.15, 0.2) is 5.82 Å². The van der Waals surface area contributed by atoms with Crippen LogP contribution in [-0.4, -0.2) is 23.3 Å². The van der Waals surface area contributed by atoms with E-state index in [0.29, 0.717) is 0 Å². The van der Waals surface area contributed by atoms with Crippen LogP contribution in [0, 0.1) is 17.2 Å². The van der Waals surface area contributed by atoms with Crippen LogP contribution in [0.2, 0.25) is 0 Å². The van der Waals surface area contributed by atoms with Crippen LogP contribution >= 0.6 is 0 Å². The zero-order valence-corrected chi connectivity index (χ0v) is 13.5. The molecule has 0 unspecified atom stereocenters. The van der Waals surface area contributed by atoms with Crippen molar-refractivity contribution in [2.24, 2.45) is 5.92 Å². The summed E-state index contributed by atoms with van der Waals surface area (Å²) in [6.45, 7) is 8.42. The summed E-state index contributed by atoms with van der Waals surface area (Å²) in [5.41, 5.74) is 2.80. The zero-order valence-electron chi connectivity index (χ0n) is 13.5. The highest BCUT2D eigenvalue weighted by Crippen LogP contribution is 2.28. The lowest BCUT2D eigenvalue weighted by atomic mass is 9.92. The Morgan fingerprint density at radius 2 is 1.86 bits per heavy atom. The fourth-order valence-corrected chi connectivity index (χ4v) is 3.34. The van der Waals surface area contributed by atoms with Crippen molar-refractivity contribution >= 4 is 5.82 Å². The summed E-state index contributed by atoms with van der Waals surface area (Å²) < 4.78 is 0. The molecular weight excluding hydrogens is 260 g/mol. The maximum atomic E-state index is 9.57. The van der Waals surface area contributed by atoms with E-state index in [4.69, 9.17) is 0 Å². The summed E-state index contributed by atoms with van der Waals surface area (Å²) in [5.74, 6) is 1.65. The lowest BCUT2D eigenvalue weighted by Crippen LogP contribution is -2.35. The minimum Gasteiger partial charge on any atom is -0.354 e. The Labute approximate surface area is 128 Å². The van der Waals surface area contributed by atoms with Crippen LogP contribution in [0.3, 0.4) is 0 Å². The van der Waals surface area contributed by atoms with E-state index in [9.17, 15) is 5.26 Å². The number of anilines is 1. The third kappa shape index (κ3) is 3.34. The molecule has 0 aromatic carbocycles. The van der Waals surface area contributed by atoms with Crippen LogP contribution in [-0.2, 0) is 12.8 Å². The normalized spacial score (nSPS) is 16.0. The van der Waals surface area contributed by atoms with Crippen molar-refractivity contribution in [2.75, 3.05) is 18.0 Å². The number of rotatable bonds is 5. The summed E-state index contributed by atoms with van der Waals surface area (Å²) in [6, 6.07) is 2.38. The second-order valence-electron chi connectivity index (χ2n) is 5.86. The third-order valence-electron chi connectivity index (χ3n) is 4.55. The fourth-order valence-electron chi connectivity index (χ4n) is 3.34. The molecular formula is C17H26N4. The maximum Gasteiger partial charge on any atom is 0.169 e. The van der Waals surface area contributed by atoms with Gasteiger partial charge in [-0.15, -0.1) is 5.10 Å². The van der Waals surface area contributed by atoms with Crippen molar-refractivity contribution < 1.29 is 0 Å². The Balaban J connectivity index is 2.23. The van der Waals surface area contributed by atoms with Crippen molar-refractivity contribution in [1.29, 1.82) is 5.26 Å². The van der Waals surface area contributed by atoms with E-state index in [2.05, 4.69) is 41.9 Å². The SMILES string of the molecule is CCCC1CCN(c2nnc(CC)c(CC)c2C#N)CC1. The first-order valence-electron chi connectivity index (χ1n) is 8.28.